The zero-order valence-electron chi connectivity index (χ0n) is 12.2. The lowest BCUT2D eigenvalue weighted by Crippen LogP contribution is -2.46. The number of nitrogens with two attached hydrogens (primary N) is 1. The Morgan fingerprint density at radius 3 is 2.68 bits per heavy atom. The van der Waals surface area contributed by atoms with E-state index in [1.807, 2.05) is 0 Å². The highest BCUT2D eigenvalue weighted by Gasteiger charge is 2.48. The second kappa shape index (κ2) is 6.94. The van der Waals surface area contributed by atoms with Crippen LogP contribution in [0.15, 0.2) is 24.3 Å². The van der Waals surface area contributed by atoms with Gasteiger partial charge in [0, 0.05) is 18.2 Å². The molecule has 122 valence electrons. The molecule has 0 heterocycles. The number of aliphatic hydroxyl groups excluding tert-OH is 1. The standard InChI is InChI=1S/C16H21FN2O2.ClH/c17-12-4-2-1-3-11(12)13(20)8-19-16(21)14-9-5-6-10(7-9)15(14)18;/h1-4,9-10,13-15,20H,5-8,18H2,(H,19,21);1H. The quantitative estimate of drug-likeness (QED) is 0.788. The number of benzene rings is 1. The third-order valence-corrected chi connectivity index (χ3v) is 5.02. The molecule has 1 aromatic rings. The van der Waals surface area contributed by atoms with Crippen LogP contribution < -0.4 is 11.1 Å². The number of carbonyl (C=O) groups excluding carboxylic acids is 1. The smallest absolute Gasteiger partial charge is 0.225 e. The minimum absolute atomic E-state index is 0. The first-order valence-corrected chi connectivity index (χ1v) is 7.53. The first-order chi connectivity index (χ1) is 10.1. The number of nitrogens with one attached hydrogen (secondary N) is 1. The molecule has 22 heavy (non-hydrogen) atoms. The predicted octanol–water partition coefficient (Wildman–Crippen LogP) is 1.77. The summed E-state index contributed by atoms with van der Waals surface area (Å²) in [6.07, 6.45) is 2.18. The summed E-state index contributed by atoms with van der Waals surface area (Å²) in [6.45, 7) is 0.0143. The van der Waals surface area contributed by atoms with E-state index in [9.17, 15) is 14.3 Å². The average molecular weight is 329 g/mol. The molecule has 4 nitrogen and oxygen atoms in total. The Hall–Kier alpha value is -1.17. The normalized spacial score (nSPS) is 30.7. The van der Waals surface area contributed by atoms with Crippen LogP contribution in [0.25, 0.3) is 0 Å². The lowest BCUT2D eigenvalue weighted by atomic mass is 9.84. The van der Waals surface area contributed by atoms with Gasteiger partial charge in [-0.05, 0) is 37.2 Å². The van der Waals surface area contributed by atoms with Gasteiger partial charge in [-0.3, -0.25) is 4.79 Å². The van der Waals surface area contributed by atoms with E-state index in [2.05, 4.69) is 5.32 Å². The zero-order valence-corrected chi connectivity index (χ0v) is 13.1. The fourth-order valence-electron chi connectivity index (χ4n) is 3.90. The van der Waals surface area contributed by atoms with Gasteiger partial charge >= 0.3 is 0 Å². The van der Waals surface area contributed by atoms with Crippen LogP contribution in [-0.2, 0) is 4.79 Å². The number of fused-ring (bicyclic) bond motifs is 2. The van der Waals surface area contributed by atoms with Gasteiger partial charge in [-0.2, -0.15) is 0 Å². The first kappa shape index (κ1) is 17.2. The van der Waals surface area contributed by atoms with Crippen molar-refractivity contribution in [1.29, 1.82) is 0 Å². The van der Waals surface area contributed by atoms with Crippen molar-refractivity contribution in [3.63, 3.8) is 0 Å². The van der Waals surface area contributed by atoms with Crippen molar-refractivity contribution in [3.8, 4) is 0 Å². The summed E-state index contributed by atoms with van der Waals surface area (Å²) >= 11 is 0. The topological polar surface area (TPSA) is 75.4 Å². The Morgan fingerprint density at radius 1 is 1.36 bits per heavy atom. The van der Waals surface area contributed by atoms with Crippen LogP contribution in [0.4, 0.5) is 4.39 Å². The molecule has 0 radical (unpaired) electrons. The van der Waals surface area contributed by atoms with Gasteiger partial charge in [0.05, 0.1) is 12.0 Å². The number of amides is 1. The van der Waals surface area contributed by atoms with Crippen LogP contribution >= 0.6 is 12.4 Å². The number of aliphatic hydroxyl groups is 1. The maximum Gasteiger partial charge on any atom is 0.225 e. The van der Waals surface area contributed by atoms with E-state index >= 15 is 0 Å². The van der Waals surface area contributed by atoms with E-state index in [1.165, 1.54) is 12.1 Å². The molecule has 0 spiro atoms. The minimum atomic E-state index is -1.04. The van der Waals surface area contributed by atoms with E-state index in [0.29, 0.717) is 11.8 Å². The van der Waals surface area contributed by atoms with Gasteiger partial charge in [0.2, 0.25) is 5.91 Å². The number of halogens is 2. The molecule has 0 aliphatic heterocycles. The van der Waals surface area contributed by atoms with Crippen LogP contribution in [0, 0.1) is 23.6 Å². The van der Waals surface area contributed by atoms with Crippen LogP contribution in [0.1, 0.15) is 30.9 Å². The summed E-state index contributed by atoms with van der Waals surface area (Å²) in [5.74, 6) is 0.107. The van der Waals surface area contributed by atoms with Crippen molar-refractivity contribution in [2.24, 2.45) is 23.5 Å². The van der Waals surface area contributed by atoms with Crippen molar-refractivity contribution in [3.05, 3.63) is 35.6 Å². The van der Waals surface area contributed by atoms with Gasteiger partial charge in [0.25, 0.3) is 0 Å². The Kier molecular flexibility index (Phi) is 5.42. The van der Waals surface area contributed by atoms with Crippen molar-refractivity contribution >= 4 is 18.3 Å². The van der Waals surface area contributed by atoms with E-state index in [4.69, 9.17) is 5.73 Å². The van der Waals surface area contributed by atoms with Crippen LogP contribution in [0.5, 0.6) is 0 Å². The molecule has 2 aliphatic carbocycles. The van der Waals surface area contributed by atoms with Gasteiger partial charge in [-0.15, -0.1) is 12.4 Å². The third kappa shape index (κ3) is 3.12. The van der Waals surface area contributed by atoms with E-state index in [0.717, 1.165) is 19.3 Å². The minimum Gasteiger partial charge on any atom is -0.386 e. The number of hydrogen-bond acceptors (Lipinski definition) is 3. The Morgan fingerprint density at radius 2 is 2.05 bits per heavy atom. The molecule has 2 aliphatic rings. The molecule has 5 atom stereocenters. The largest absolute Gasteiger partial charge is 0.386 e. The lowest BCUT2D eigenvalue weighted by molar-refractivity contribution is -0.127. The second-order valence-corrected chi connectivity index (χ2v) is 6.22. The zero-order chi connectivity index (χ0) is 15.0. The molecule has 6 heteroatoms. The molecule has 2 fully saturated rings. The van der Waals surface area contributed by atoms with Crippen LogP contribution in [-0.4, -0.2) is 23.6 Å². The molecule has 4 N–H and O–H groups in total. The van der Waals surface area contributed by atoms with Crippen molar-refractivity contribution in [1.82, 2.24) is 5.32 Å². The van der Waals surface area contributed by atoms with Gasteiger partial charge in [-0.1, -0.05) is 18.2 Å². The van der Waals surface area contributed by atoms with Crippen LogP contribution in [0.2, 0.25) is 0 Å². The Labute approximate surface area is 135 Å². The molecule has 5 unspecified atom stereocenters. The van der Waals surface area contributed by atoms with Gasteiger partial charge in [0.15, 0.2) is 0 Å². The summed E-state index contributed by atoms with van der Waals surface area (Å²) in [6, 6.07) is 5.98. The molecule has 0 saturated heterocycles. The highest BCUT2D eigenvalue weighted by atomic mass is 35.5. The Balaban J connectivity index is 0.00000176. The number of hydrogen-bond donors (Lipinski definition) is 3. The van der Waals surface area contributed by atoms with Gasteiger partial charge in [-0.25, -0.2) is 4.39 Å². The third-order valence-electron chi connectivity index (χ3n) is 5.02. The monoisotopic (exact) mass is 328 g/mol. The fourth-order valence-corrected chi connectivity index (χ4v) is 3.90. The van der Waals surface area contributed by atoms with Gasteiger partial charge < -0.3 is 16.2 Å². The molecule has 3 rings (SSSR count). The predicted molar refractivity (Wildman–Crippen MR) is 83.9 cm³/mol. The molecule has 1 aromatic carbocycles. The summed E-state index contributed by atoms with van der Waals surface area (Å²) < 4.78 is 13.6. The summed E-state index contributed by atoms with van der Waals surface area (Å²) in [5, 5.41) is 12.7. The molecule has 2 bridgehead atoms. The highest BCUT2D eigenvalue weighted by Crippen LogP contribution is 2.47. The second-order valence-electron chi connectivity index (χ2n) is 6.22. The molecular formula is C16H22ClFN2O2. The maximum absolute atomic E-state index is 13.6. The summed E-state index contributed by atoms with van der Waals surface area (Å²) in [5.41, 5.74) is 6.33. The summed E-state index contributed by atoms with van der Waals surface area (Å²) in [7, 11) is 0. The van der Waals surface area contributed by atoms with E-state index in [-0.39, 0.29) is 42.4 Å². The van der Waals surface area contributed by atoms with Gasteiger partial charge in [0.1, 0.15) is 5.82 Å². The van der Waals surface area contributed by atoms with Crippen molar-refractivity contribution in [2.75, 3.05) is 6.54 Å². The highest BCUT2D eigenvalue weighted by molar-refractivity contribution is 5.85. The lowest BCUT2D eigenvalue weighted by Gasteiger charge is -2.27. The molecule has 2 saturated carbocycles. The van der Waals surface area contributed by atoms with Crippen molar-refractivity contribution in [2.45, 2.75) is 31.4 Å². The maximum atomic E-state index is 13.6. The molecule has 1 amide bonds. The Bertz CT molecular complexity index is 541. The molecule has 0 aromatic heterocycles. The SMILES string of the molecule is Cl.NC1C2CCC(C2)C1C(=O)NCC(O)c1ccccc1F. The fraction of sp³-hybridized carbons (Fsp3) is 0.562. The summed E-state index contributed by atoms with van der Waals surface area (Å²) in [4.78, 5) is 12.3. The van der Waals surface area contributed by atoms with Crippen molar-refractivity contribution < 1.29 is 14.3 Å². The number of rotatable bonds is 4. The van der Waals surface area contributed by atoms with Crippen LogP contribution in [0.3, 0.4) is 0 Å². The van der Waals surface area contributed by atoms with E-state index < -0.39 is 11.9 Å². The first-order valence-electron chi connectivity index (χ1n) is 7.53. The molecular weight excluding hydrogens is 307 g/mol. The average Bonchev–Trinajstić information content (AvgIpc) is 3.06. The number of carbonyl (C=O) groups is 1. The van der Waals surface area contributed by atoms with E-state index in [1.54, 1.807) is 12.1 Å².